The van der Waals surface area contributed by atoms with Crippen molar-refractivity contribution in [3.05, 3.63) is 30.5 Å². The van der Waals surface area contributed by atoms with E-state index in [1.807, 2.05) is 35.0 Å². The van der Waals surface area contributed by atoms with Gasteiger partial charge < -0.3 is 9.64 Å². The molecule has 0 aromatic carbocycles. The summed E-state index contributed by atoms with van der Waals surface area (Å²) in [4.78, 5) is 5.38. The first-order chi connectivity index (χ1) is 12.9. The Morgan fingerprint density at radius 2 is 1.85 bits per heavy atom. The molecule has 2 aliphatic rings. The maximum Gasteiger partial charge on any atom is 0.233 e. The summed E-state index contributed by atoms with van der Waals surface area (Å²) in [5.41, 5.74) is 1.08. The fourth-order valence-electron chi connectivity index (χ4n) is 4.40. The maximum absolute atomic E-state index is 5.82. The van der Waals surface area contributed by atoms with Crippen LogP contribution in [-0.4, -0.2) is 64.8 Å². The second kappa shape index (κ2) is 8.87. The largest absolute Gasteiger partial charge is 0.477 e. The first-order valence-corrected chi connectivity index (χ1v) is 10.4. The Labute approximate surface area is 156 Å². The van der Waals surface area contributed by atoms with Crippen LogP contribution in [0.2, 0.25) is 0 Å². The molecule has 3 heterocycles. The minimum Gasteiger partial charge on any atom is -0.477 e. The molecule has 0 atom stereocenters. The Kier molecular flexibility index (Phi) is 6.07. The molecule has 0 unspecified atom stereocenters. The molecule has 142 valence electrons. The molecule has 1 aliphatic carbocycles. The Hall–Kier alpha value is -1.59. The Balaban J connectivity index is 1.10. The molecule has 2 fully saturated rings. The van der Waals surface area contributed by atoms with E-state index in [4.69, 9.17) is 4.74 Å². The zero-order valence-electron chi connectivity index (χ0n) is 15.9. The normalized spacial score (nSPS) is 20.6. The molecule has 1 aliphatic heterocycles. The number of nitrogens with zero attached hydrogens (tertiary/aromatic N) is 4. The van der Waals surface area contributed by atoms with Gasteiger partial charge in [-0.05, 0) is 44.4 Å². The lowest BCUT2D eigenvalue weighted by Crippen LogP contribution is -2.50. The number of aromatic nitrogens is 2. The van der Waals surface area contributed by atoms with Gasteiger partial charge in [-0.3, -0.25) is 4.90 Å². The van der Waals surface area contributed by atoms with Crippen LogP contribution in [0.3, 0.4) is 0 Å². The predicted molar refractivity (Wildman–Crippen MR) is 105 cm³/mol. The third-order valence-electron chi connectivity index (χ3n) is 5.96. The average Bonchev–Trinajstić information content (AvgIpc) is 3.12. The highest BCUT2D eigenvalue weighted by Gasteiger charge is 2.24. The molecule has 5 nitrogen and oxygen atoms in total. The van der Waals surface area contributed by atoms with Crippen molar-refractivity contribution in [2.45, 2.75) is 51.0 Å². The number of ether oxygens (including phenoxy) is 1. The molecule has 0 bridgehead atoms. The van der Waals surface area contributed by atoms with Gasteiger partial charge in [-0.1, -0.05) is 25.3 Å². The van der Waals surface area contributed by atoms with Gasteiger partial charge in [-0.25, -0.2) is 4.52 Å². The van der Waals surface area contributed by atoms with Gasteiger partial charge in [0.05, 0.1) is 12.1 Å². The summed E-state index contributed by atoms with van der Waals surface area (Å²) in [6.07, 6.45) is 11.4. The highest BCUT2D eigenvalue weighted by atomic mass is 16.5. The Bertz CT molecular complexity index is 638. The molecular formula is C21H32N4O. The quantitative estimate of drug-likeness (QED) is 0.712. The van der Waals surface area contributed by atoms with E-state index in [0.717, 1.165) is 30.5 Å². The highest BCUT2D eigenvalue weighted by Crippen LogP contribution is 2.23. The molecule has 2 aromatic heterocycles. The first-order valence-electron chi connectivity index (χ1n) is 10.4. The molecule has 5 heteroatoms. The smallest absolute Gasteiger partial charge is 0.233 e. The lowest BCUT2D eigenvalue weighted by molar-refractivity contribution is 0.0776. The second-order valence-corrected chi connectivity index (χ2v) is 7.78. The van der Waals surface area contributed by atoms with Crippen LogP contribution < -0.4 is 4.74 Å². The highest BCUT2D eigenvalue weighted by molar-refractivity contribution is 5.48. The Morgan fingerprint density at radius 1 is 1.00 bits per heavy atom. The topological polar surface area (TPSA) is 33.0 Å². The number of fused-ring (bicyclic) bond motifs is 1. The zero-order valence-corrected chi connectivity index (χ0v) is 15.9. The summed E-state index contributed by atoms with van der Waals surface area (Å²) in [7, 11) is 0. The van der Waals surface area contributed by atoms with Crippen molar-refractivity contribution < 1.29 is 4.74 Å². The second-order valence-electron chi connectivity index (χ2n) is 7.78. The predicted octanol–water partition coefficient (Wildman–Crippen LogP) is 3.44. The van der Waals surface area contributed by atoms with E-state index < -0.39 is 0 Å². The fraction of sp³-hybridized carbons (Fsp3) is 0.667. The third-order valence-corrected chi connectivity index (χ3v) is 5.96. The van der Waals surface area contributed by atoms with Crippen molar-refractivity contribution in [2.75, 3.05) is 39.3 Å². The van der Waals surface area contributed by atoms with E-state index in [-0.39, 0.29) is 0 Å². The standard InChI is InChI=1S/C21H32N4O/c1-2-8-19(9-3-1)24-15-13-23(14-16-24)11-6-7-17-26-21-18-20-10-4-5-12-25(20)22-21/h4-5,10,12,18-19H,1-3,6-9,11,13-17H2. The molecule has 0 amide bonds. The number of pyridine rings is 1. The summed E-state index contributed by atoms with van der Waals surface area (Å²) in [5.74, 6) is 0.734. The van der Waals surface area contributed by atoms with E-state index in [1.54, 1.807) is 0 Å². The van der Waals surface area contributed by atoms with Gasteiger partial charge in [0.2, 0.25) is 5.88 Å². The van der Waals surface area contributed by atoms with Crippen LogP contribution in [0, 0.1) is 0 Å². The van der Waals surface area contributed by atoms with Crippen LogP contribution in [0.1, 0.15) is 44.9 Å². The molecule has 26 heavy (non-hydrogen) atoms. The lowest BCUT2D eigenvalue weighted by atomic mass is 9.94. The summed E-state index contributed by atoms with van der Waals surface area (Å²) < 4.78 is 7.68. The van der Waals surface area contributed by atoms with Gasteiger partial charge in [0.1, 0.15) is 0 Å². The summed E-state index contributed by atoms with van der Waals surface area (Å²) >= 11 is 0. The fourth-order valence-corrected chi connectivity index (χ4v) is 4.40. The van der Waals surface area contributed by atoms with Crippen LogP contribution >= 0.6 is 0 Å². The lowest BCUT2D eigenvalue weighted by Gasteiger charge is -2.40. The van der Waals surface area contributed by atoms with Crippen LogP contribution in [0.25, 0.3) is 5.52 Å². The molecule has 0 radical (unpaired) electrons. The van der Waals surface area contributed by atoms with Gasteiger partial charge >= 0.3 is 0 Å². The van der Waals surface area contributed by atoms with E-state index in [1.165, 1.54) is 71.2 Å². The van der Waals surface area contributed by atoms with Crippen molar-refractivity contribution in [2.24, 2.45) is 0 Å². The molecule has 0 N–H and O–H groups in total. The molecule has 4 rings (SSSR count). The molecule has 1 saturated carbocycles. The van der Waals surface area contributed by atoms with Crippen molar-refractivity contribution in [3.8, 4) is 5.88 Å². The number of rotatable bonds is 7. The number of hydrogen-bond donors (Lipinski definition) is 0. The first kappa shape index (κ1) is 17.8. The van der Waals surface area contributed by atoms with Gasteiger partial charge in [-0.15, -0.1) is 5.10 Å². The van der Waals surface area contributed by atoms with Crippen molar-refractivity contribution in [1.82, 2.24) is 19.4 Å². The van der Waals surface area contributed by atoms with E-state index in [0.29, 0.717) is 0 Å². The molecule has 2 aromatic rings. The van der Waals surface area contributed by atoms with Gasteiger partial charge in [0, 0.05) is 44.5 Å². The monoisotopic (exact) mass is 356 g/mol. The summed E-state index contributed by atoms with van der Waals surface area (Å²) in [5, 5.41) is 4.43. The van der Waals surface area contributed by atoms with E-state index >= 15 is 0 Å². The average molecular weight is 357 g/mol. The number of hydrogen-bond acceptors (Lipinski definition) is 4. The third kappa shape index (κ3) is 4.57. The van der Waals surface area contributed by atoms with Crippen molar-refractivity contribution in [3.63, 3.8) is 0 Å². The molecular weight excluding hydrogens is 324 g/mol. The van der Waals surface area contributed by atoms with Crippen molar-refractivity contribution >= 4 is 5.52 Å². The van der Waals surface area contributed by atoms with Crippen LogP contribution in [0.15, 0.2) is 30.5 Å². The zero-order chi connectivity index (χ0) is 17.6. The van der Waals surface area contributed by atoms with Crippen LogP contribution in [0.5, 0.6) is 5.88 Å². The van der Waals surface area contributed by atoms with Crippen molar-refractivity contribution in [1.29, 1.82) is 0 Å². The van der Waals surface area contributed by atoms with E-state index in [9.17, 15) is 0 Å². The maximum atomic E-state index is 5.82. The summed E-state index contributed by atoms with van der Waals surface area (Å²) in [6, 6.07) is 8.94. The number of piperazine rings is 1. The molecule has 1 saturated heterocycles. The van der Waals surface area contributed by atoms with Gasteiger partial charge in [0.15, 0.2) is 0 Å². The minimum absolute atomic E-state index is 0.734. The minimum atomic E-state index is 0.734. The van der Waals surface area contributed by atoms with Crippen LogP contribution in [0.4, 0.5) is 0 Å². The summed E-state index contributed by atoms with van der Waals surface area (Å²) in [6.45, 7) is 6.97. The van der Waals surface area contributed by atoms with Gasteiger partial charge in [-0.2, -0.15) is 0 Å². The van der Waals surface area contributed by atoms with Crippen LogP contribution in [-0.2, 0) is 0 Å². The SMILES string of the molecule is c1ccn2nc(OCCCCN3CCN(C4CCCCC4)CC3)cc2c1. The number of unbranched alkanes of at least 4 members (excludes halogenated alkanes) is 1. The van der Waals surface area contributed by atoms with E-state index in [2.05, 4.69) is 14.9 Å². The van der Waals surface area contributed by atoms with Gasteiger partial charge in [0.25, 0.3) is 0 Å². The molecule has 0 spiro atoms. The Morgan fingerprint density at radius 3 is 2.65 bits per heavy atom.